The van der Waals surface area contributed by atoms with Crippen molar-refractivity contribution in [2.45, 2.75) is 51.3 Å². The molecule has 31 heavy (non-hydrogen) atoms. The monoisotopic (exact) mass is 441 g/mol. The highest BCUT2D eigenvalue weighted by Crippen LogP contribution is 2.48. The molecule has 3 unspecified atom stereocenters. The molecule has 0 spiro atoms. The molecule has 1 saturated heterocycles. The molecule has 3 aromatic rings. The zero-order valence-electron chi connectivity index (χ0n) is 17.8. The summed E-state index contributed by atoms with van der Waals surface area (Å²) in [6.07, 6.45) is 2.97. The first-order valence-electron chi connectivity index (χ1n) is 10.2. The van der Waals surface area contributed by atoms with Crippen LogP contribution in [0.1, 0.15) is 32.4 Å². The Morgan fingerprint density at radius 3 is 2.74 bits per heavy atom. The maximum Gasteiger partial charge on any atom is 0.294 e. The molecule has 5 rings (SSSR count). The van der Waals surface area contributed by atoms with Crippen LogP contribution in [0.5, 0.6) is 10.9 Å². The second-order valence-electron chi connectivity index (χ2n) is 8.53. The Labute approximate surface area is 183 Å². The Bertz CT molecular complexity index is 1190. The average molecular weight is 442 g/mol. The second kappa shape index (κ2) is 7.13. The minimum absolute atomic E-state index is 0.0357. The van der Waals surface area contributed by atoms with E-state index in [1.807, 2.05) is 39.2 Å². The predicted molar refractivity (Wildman–Crippen MR) is 116 cm³/mol. The first-order chi connectivity index (χ1) is 14.8. The smallest absolute Gasteiger partial charge is 0.294 e. The lowest BCUT2D eigenvalue weighted by Crippen LogP contribution is -2.53. The molecule has 2 aliphatic rings. The molecule has 1 N–H and O–H groups in total. The van der Waals surface area contributed by atoms with Crippen LogP contribution < -0.4 is 4.74 Å². The number of rotatable bonds is 4. The van der Waals surface area contributed by atoms with Crippen LogP contribution in [0.25, 0.3) is 16.3 Å². The molecular weight excluding hydrogens is 417 g/mol. The molecule has 162 valence electrons. The minimum atomic E-state index is -0.343. The van der Waals surface area contributed by atoms with Crippen molar-refractivity contribution >= 4 is 11.3 Å². The van der Waals surface area contributed by atoms with E-state index >= 15 is 0 Å². The Morgan fingerprint density at radius 1 is 1.26 bits per heavy atom. The number of hydrogen-bond donors (Lipinski definition) is 1. The lowest BCUT2D eigenvalue weighted by molar-refractivity contribution is 0.0205. The number of phenolic OH excluding ortho intramolecular Hbond substituents is 1. The maximum absolute atomic E-state index is 14.6. The first kappa shape index (κ1) is 20.1. The quantitative estimate of drug-likeness (QED) is 0.652. The number of nitrogens with zero attached hydrogens (tertiary/aromatic N) is 5. The molecular formula is C22H24FN5O2S. The zero-order valence-corrected chi connectivity index (χ0v) is 18.6. The van der Waals surface area contributed by atoms with Crippen LogP contribution in [0.2, 0.25) is 0 Å². The number of fused-ring (bicyclic) bond motifs is 2. The highest BCUT2D eigenvalue weighted by atomic mass is 32.1. The van der Waals surface area contributed by atoms with Gasteiger partial charge in [0.2, 0.25) is 0 Å². The van der Waals surface area contributed by atoms with Gasteiger partial charge in [0.25, 0.3) is 5.19 Å². The van der Waals surface area contributed by atoms with Gasteiger partial charge in [-0.3, -0.25) is 4.90 Å². The van der Waals surface area contributed by atoms with Gasteiger partial charge in [-0.25, -0.2) is 9.07 Å². The third-order valence-electron chi connectivity index (χ3n) is 6.69. The van der Waals surface area contributed by atoms with E-state index in [1.54, 1.807) is 16.8 Å². The van der Waals surface area contributed by atoms with Gasteiger partial charge >= 0.3 is 0 Å². The van der Waals surface area contributed by atoms with Crippen molar-refractivity contribution in [3.63, 3.8) is 0 Å². The largest absolute Gasteiger partial charge is 0.507 e. The van der Waals surface area contributed by atoms with Crippen LogP contribution in [0.3, 0.4) is 0 Å². The van der Waals surface area contributed by atoms with E-state index in [2.05, 4.69) is 27.1 Å². The molecule has 9 heteroatoms. The fourth-order valence-electron chi connectivity index (χ4n) is 4.62. The van der Waals surface area contributed by atoms with Gasteiger partial charge in [-0.1, -0.05) is 16.4 Å². The van der Waals surface area contributed by atoms with Crippen molar-refractivity contribution in [1.29, 1.82) is 0 Å². The van der Waals surface area contributed by atoms with Crippen molar-refractivity contribution in [1.82, 2.24) is 24.9 Å². The third kappa shape index (κ3) is 3.23. The predicted octanol–water partition coefficient (Wildman–Crippen LogP) is 4.26. The molecule has 7 nitrogen and oxygen atoms in total. The summed E-state index contributed by atoms with van der Waals surface area (Å²) in [5, 5.41) is 24.3. The number of ether oxygens (including phenoxy) is 1. The van der Waals surface area contributed by atoms with E-state index < -0.39 is 0 Å². The molecule has 0 aliphatic carbocycles. The summed E-state index contributed by atoms with van der Waals surface area (Å²) in [5.74, 6) is 0.0616. The van der Waals surface area contributed by atoms with Gasteiger partial charge < -0.3 is 9.84 Å². The van der Waals surface area contributed by atoms with Crippen LogP contribution in [0, 0.1) is 6.92 Å². The number of aromatic nitrogens is 4. The van der Waals surface area contributed by atoms with Gasteiger partial charge in [-0.05, 0) is 51.6 Å². The highest BCUT2D eigenvalue weighted by Gasteiger charge is 2.52. The molecule has 2 aliphatic heterocycles. The van der Waals surface area contributed by atoms with E-state index in [0.717, 1.165) is 17.0 Å². The van der Waals surface area contributed by atoms with Crippen molar-refractivity contribution in [2.75, 3.05) is 7.05 Å². The lowest BCUT2D eigenvalue weighted by atomic mass is 9.85. The molecule has 1 fully saturated rings. The fraction of sp³-hybridized carbons (Fsp3) is 0.409. The summed E-state index contributed by atoms with van der Waals surface area (Å²) in [4.78, 5) is 2.10. The highest BCUT2D eigenvalue weighted by molar-refractivity contribution is 7.16. The summed E-state index contributed by atoms with van der Waals surface area (Å²) in [6.45, 7) is 5.84. The summed E-state index contributed by atoms with van der Waals surface area (Å²) in [5.41, 5.74) is 2.69. The average Bonchev–Trinajstić information content (AvgIpc) is 3.39. The van der Waals surface area contributed by atoms with Crippen molar-refractivity contribution < 1.29 is 14.2 Å². The number of halogens is 1. The van der Waals surface area contributed by atoms with E-state index in [0.29, 0.717) is 28.6 Å². The first-order valence-corrected chi connectivity index (χ1v) is 11.0. The van der Waals surface area contributed by atoms with Crippen LogP contribution in [0.4, 0.5) is 4.39 Å². The van der Waals surface area contributed by atoms with Gasteiger partial charge in [0, 0.05) is 30.6 Å². The number of piperidine rings is 1. The Kier molecular flexibility index (Phi) is 4.63. The topological polar surface area (TPSA) is 76.3 Å². The Balaban J connectivity index is 1.33. The molecule has 0 saturated carbocycles. The van der Waals surface area contributed by atoms with E-state index in [9.17, 15) is 9.50 Å². The van der Waals surface area contributed by atoms with Gasteiger partial charge in [0.1, 0.15) is 17.7 Å². The molecule has 4 heterocycles. The number of hydrogen-bond acceptors (Lipinski definition) is 7. The van der Waals surface area contributed by atoms with Gasteiger partial charge in [0.05, 0.1) is 23.0 Å². The Hall–Kier alpha value is -2.78. The van der Waals surface area contributed by atoms with E-state index in [-0.39, 0.29) is 29.3 Å². The van der Waals surface area contributed by atoms with E-state index in [1.165, 1.54) is 11.3 Å². The zero-order chi connectivity index (χ0) is 21.9. The summed E-state index contributed by atoms with van der Waals surface area (Å²) < 4.78 is 22.4. The number of phenols is 1. The van der Waals surface area contributed by atoms with Gasteiger partial charge in [-0.15, -0.1) is 5.10 Å². The molecule has 2 bridgehead atoms. The summed E-state index contributed by atoms with van der Waals surface area (Å²) in [7, 11) is 1.97. The van der Waals surface area contributed by atoms with Crippen LogP contribution in [0.15, 0.2) is 41.9 Å². The molecule has 1 aromatic carbocycles. The van der Waals surface area contributed by atoms with Gasteiger partial charge in [-0.2, -0.15) is 5.10 Å². The van der Waals surface area contributed by atoms with Crippen molar-refractivity contribution in [3.05, 3.63) is 47.6 Å². The summed E-state index contributed by atoms with van der Waals surface area (Å²) >= 11 is 1.28. The van der Waals surface area contributed by atoms with Gasteiger partial charge in [0.15, 0.2) is 5.01 Å². The molecule has 0 radical (unpaired) electrons. The van der Waals surface area contributed by atoms with Crippen molar-refractivity contribution in [3.8, 4) is 27.2 Å². The van der Waals surface area contributed by atoms with Crippen LogP contribution >= 0.6 is 11.3 Å². The fourth-order valence-corrected chi connectivity index (χ4v) is 5.42. The Morgan fingerprint density at radius 2 is 2.06 bits per heavy atom. The standard InChI is InChI=1S/C22H24FN5O2S/c1-12-7-8-28(26-12)14-5-6-16(18(29)9-14)20-24-25-21(31-20)30-15-10-17-19(23)13(2)22(3,11-15)27(17)4/h5-9,15,17,29H,10-11H2,1-4H3. The minimum Gasteiger partial charge on any atom is -0.507 e. The number of aromatic hydroxyl groups is 1. The third-order valence-corrected chi connectivity index (χ3v) is 7.54. The lowest BCUT2D eigenvalue weighted by Gasteiger charge is -2.44. The molecule has 2 aromatic heterocycles. The number of likely N-dealkylation sites (N-methyl/N-ethyl adjacent to an activating group) is 1. The SMILES string of the molecule is CC1=C(F)C2CC(Oc3nnc(-c4ccc(-n5ccc(C)n5)cc4O)s3)CC1(C)N2C. The number of aryl methyl sites for hydroxylation is 1. The van der Waals surface area contributed by atoms with Crippen LogP contribution in [-0.2, 0) is 0 Å². The summed E-state index contributed by atoms with van der Waals surface area (Å²) in [6, 6.07) is 6.97. The second-order valence-corrected chi connectivity index (χ2v) is 9.47. The maximum atomic E-state index is 14.6. The normalized spacial score (nSPS) is 26.0. The van der Waals surface area contributed by atoms with Crippen molar-refractivity contribution in [2.24, 2.45) is 0 Å². The number of benzene rings is 1. The molecule has 0 amide bonds. The molecule has 3 atom stereocenters. The van der Waals surface area contributed by atoms with Crippen LogP contribution in [-0.4, -0.2) is 54.7 Å². The van der Waals surface area contributed by atoms with E-state index in [4.69, 9.17) is 4.74 Å².